The Bertz CT molecular complexity index is 652. The molecule has 0 atom stereocenters. The van der Waals surface area contributed by atoms with Crippen LogP contribution in [0.1, 0.15) is 11.1 Å². The van der Waals surface area contributed by atoms with E-state index < -0.39 is 5.82 Å². The minimum atomic E-state index is -0.572. The van der Waals surface area contributed by atoms with Crippen molar-refractivity contribution in [2.75, 3.05) is 5.73 Å². The number of halogens is 2. The number of benzene rings is 2. The van der Waals surface area contributed by atoms with Crippen molar-refractivity contribution in [2.45, 2.75) is 6.61 Å². The second kappa shape index (κ2) is 5.59. The lowest BCUT2D eigenvalue weighted by atomic mass is 10.1. The molecule has 0 saturated carbocycles. The summed E-state index contributed by atoms with van der Waals surface area (Å²) in [5.41, 5.74) is 6.39. The molecule has 0 aliphatic carbocycles. The Hall–Kier alpha value is -2.25. The van der Waals surface area contributed by atoms with Crippen LogP contribution in [0.15, 0.2) is 36.4 Å². The van der Waals surface area contributed by atoms with Crippen LogP contribution in [0.2, 0.25) is 5.02 Å². The average molecular weight is 277 g/mol. The summed E-state index contributed by atoms with van der Waals surface area (Å²) in [5.74, 6) is -0.149. The van der Waals surface area contributed by atoms with Crippen LogP contribution in [-0.2, 0) is 6.61 Å². The molecule has 0 spiro atoms. The molecule has 0 saturated heterocycles. The Balaban J connectivity index is 2.17. The molecule has 0 aliphatic heterocycles. The van der Waals surface area contributed by atoms with E-state index in [1.54, 1.807) is 36.4 Å². The van der Waals surface area contributed by atoms with Gasteiger partial charge in [0, 0.05) is 10.6 Å². The molecular formula is C14H10ClFN2O. The van der Waals surface area contributed by atoms with E-state index in [1.165, 1.54) is 6.07 Å². The Morgan fingerprint density at radius 1 is 1.32 bits per heavy atom. The predicted molar refractivity (Wildman–Crippen MR) is 71.3 cm³/mol. The topological polar surface area (TPSA) is 59.0 Å². The van der Waals surface area contributed by atoms with Crippen molar-refractivity contribution >= 4 is 17.3 Å². The highest BCUT2D eigenvalue weighted by Gasteiger charge is 2.09. The third kappa shape index (κ3) is 2.95. The maximum absolute atomic E-state index is 13.8. The van der Waals surface area contributed by atoms with Crippen LogP contribution < -0.4 is 10.5 Å². The van der Waals surface area contributed by atoms with E-state index in [-0.39, 0.29) is 12.2 Å². The number of ether oxygens (including phenoxy) is 1. The van der Waals surface area contributed by atoms with Gasteiger partial charge in [-0.2, -0.15) is 5.26 Å². The normalized spacial score (nSPS) is 9.95. The van der Waals surface area contributed by atoms with Gasteiger partial charge in [-0.15, -0.1) is 0 Å². The molecule has 96 valence electrons. The van der Waals surface area contributed by atoms with E-state index in [9.17, 15) is 4.39 Å². The van der Waals surface area contributed by atoms with Gasteiger partial charge in [0.25, 0.3) is 0 Å². The number of anilines is 1. The average Bonchev–Trinajstić information content (AvgIpc) is 2.39. The van der Waals surface area contributed by atoms with Crippen molar-refractivity contribution in [2.24, 2.45) is 0 Å². The number of nitrogen functional groups attached to an aromatic ring is 1. The van der Waals surface area contributed by atoms with Crippen molar-refractivity contribution in [1.29, 1.82) is 5.26 Å². The quantitative estimate of drug-likeness (QED) is 0.873. The number of hydrogen-bond acceptors (Lipinski definition) is 3. The van der Waals surface area contributed by atoms with Crippen molar-refractivity contribution in [1.82, 2.24) is 0 Å². The molecule has 0 fully saturated rings. The molecular weight excluding hydrogens is 267 g/mol. The first-order valence-corrected chi connectivity index (χ1v) is 5.85. The lowest BCUT2D eigenvalue weighted by Crippen LogP contribution is -2.02. The van der Waals surface area contributed by atoms with Gasteiger partial charge in [-0.3, -0.25) is 0 Å². The maximum Gasteiger partial charge on any atom is 0.147 e. The summed E-state index contributed by atoms with van der Waals surface area (Å²) in [7, 11) is 0. The van der Waals surface area contributed by atoms with Gasteiger partial charge in [0.1, 0.15) is 24.2 Å². The van der Waals surface area contributed by atoms with Crippen LogP contribution in [0.4, 0.5) is 10.1 Å². The van der Waals surface area contributed by atoms with Gasteiger partial charge in [-0.1, -0.05) is 23.7 Å². The van der Waals surface area contributed by atoms with E-state index >= 15 is 0 Å². The molecule has 19 heavy (non-hydrogen) atoms. The molecule has 3 nitrogen and oxygen atoms in total. The first-order valence-electron chi connectivity index (χ1n) is 5.47. The fraction of sp³-hybridized carbons (Fsp3) is 0.0714. The molecule has 0 heterocycles. The van der Waals surface area contributed by atoms with Crippen LogP contribution in [0.25, 0.3) is 0 Å². The first-order chi connectivity index (χ1) is 9.11. The fourth-order valence-electron chi connectivity index (χ4n) is 1.58. The monoisotopic (exact) mass is 276 g/mol. The summed E-state index contributed by atoms with van der Waals surface area (Å²) in [5, 5.41) is 9.24. The summed E-state index contributed by atoms with van der Waals surface area (Å²) in [6.07, 6.45) is 0. The highest BCUT2D eigenvalue weighted by molar-refractivity contribution is 6.30. The number of nitrogens with two attached hydrogens (primary N) is 1. The zero-order valence-corrected chi connectivity index (χ0v) is 10.6. The summed E-state index contributed by atoms with van der Waals surface area (Å²) < 4.78 is 19.2. The highest BCUT2D eigenvalue weighted by Crippen LogP contribution is 2.26. The van der Waals surface area contributed by atoms with Gasteiger partial charge in [-0.05, 0) is 24.3 Å². The zero-order chi connectivity index (χ0) is 13.8. The third-order valence-corrected chi connectivity index (χ3v) is 2.79. The molecule has 2 aromatic carbocycles. The molecule has 5 heteroatoms. The zero-order valence-electron chi connectivity index (χ0n) is 9.86. The summed E-state index contributed by atoms with van der Waals surface area (Å²) >= 11 is 5.77. The molecule has 0 radical (unpaired) electrons. The van der Waals surface area contributed by atoms with Crippen molar-refractivity contribution in [3.05, 3.63) is 58.4 Å². The van der Waals surface area contributed by atoms with Crippen molar-refractivity contribution in [3.63, 3.8) is 0 Å². The number of rotatable bonds is 3. The van der Waals surface area contributed by atoms with Crippen LogP contribution in [0.3, 0.4) is 0 Å². The first kappa shape index (κ1) is 13.2. The van der Waals surface area contributed by atoms with Gasteiger partial charge in [0.2, 0.25) is 0 Å². The lowest BCUT2D eigenvalue weighted by molar-refractivity contribution is 0.301. The minimum absolute atomic E-state index is 0.00676. The second-order valence-electron chi connectivity index (χ2n) is 3.86. The van der Waals surface area contributed by atoms with E-state index in [0.717, 1.165) is 0 Å². The number of nitrogens with zero attached hydrogens (tertiary/aromatic N) is 1. The van der Waals surface area contributed by atoms with Gasteiger partial charge >= 0.3 is 0 Å². The Morgan fingerprint density at radius 3 is 2.79 bits per heavy atom. The summed E-state index contributed by atoms with van der Waals surface area (Å²) in [6, 6.07) is 11.2. The van der Waals surface area contributed by atoms with Gasteiger partial charge in [0.05, 0.1) is 11.3 Å². The maximum atomic E-state index is 13.8. The van der Waals surface area contributed by atoms with Crippen LogP contribution in [0, 0.1) is 17.1 Å². The fourth-order valence-corrected chi connectivity index (χ4v) is 1.76. The molecule has 2 rings (SSSR count). The molecule has 0 amide bonds. The van der Waals surface area contributed by atoms with Crippen molar-refractivity contribution < 1.29 is 9.13 Å². The van der Waals surface area contributed by atoms with Gasteiger partial charge < -0.3 is 10.5 Å². The Morgan fingerprint density at radius 2 is 2.11 bits per heavy atom. The Labute approximate surface area is 115 Å². The van der Waals surface area contributed by atoms with E-state index in [2.05, 4.69) is 0 Å². The second-order valence-corrected chi connectivity index (χ2v) is 4.30. The molecule has 0 aromatic heterocycles. The van der Waals surface area contributed by atoms with E-state index in [4.69, 9.17) is 27.3 Å². The standard InChI is InChI=1S/C14H10ClFN2O/c15-11-4-5-13(12(18)6-11)19-8-10-3-1-2-9(7-17)14(10)16/h1-6H,8,18H2. The molecule has 0 unspecified atom stereocenters. The molecule has 0 bridgehead atoms. The van der Waals surface area contributed by atoms with Crippen LogP contribution in [-0.4, -0.2) is 0 Å². The summed E-state index contributed by atoms with van der Waals surface area (Å²) in [6.45, 7) is -0.00676. The lowest BCUT2D eigenvalue weighted by Gasteiger charge is -2.10. The van der Waals surface area contributed by atoms with Gasteiger partial charge in [0.15, 0.2) is 0 Å². The largest absolute Gasteiger partial charge is 0.487 e. The van der Waals surface area contributed by atoms with Crippen LogP contribution >= 0.6 is 11.6 Å². The predicted octanol–water partition coefficient (Wildman–Crippen LogP) is 3.51. The highest BCUT2D eigenvalue weighted by atomic mass is 35.5. The van der Waals surface area contributed by atoms with Crippen molar-refractivity contribution in [3.8, 4) is 11.8 Å². The van der Waals surface area contributed by atoms with E-state index in [0.29, 0.717) is 22.0 Å². The smallest absolute Gasteiger partial charge is 0.147 e. The Kier molecular flexibility index (Phi) is 3.88. The molecule has 2 aromatic rings. The van der Waals surface area contributed by atoms with Gasteiger partial charge in [-0.25, -0.2) is 4.39 Å². The molecule has 0 aliphatic rings. The molecule has 2 N–H and O–H groups in total. The SMILES string of the molecule is N#Cc1cccc(COc2ccc(Cl)cc2N)c1F. The number of hydrogen-bond donors (Lipinski definition) is 1. The summed E-state index contributed by atoms with van der Waals surface area (Å²) in [4.78, 5) is 0. The van der Waals surface area contributed by atoms with Crippen LogP contribution in [0.5, 0.6) is 5.75 Å². The number of nitriles is 1. The minimum Gasteiger partial charge on any atom is -0.487 e. The van der Waals surface area contributed by atoms with E-state index in [1.807, 2.05) is 0 Å². The third-order valence-electron chi connectivity index (χ3n) is 2.55.